The van der Waals surface area contributed by atoms with Crippen LogP contribution in [0.4, 0.5) is 0 Å². The van der Waals surface area contributed by atoms with Crippen molar-refractivity contribution in [2.24, 2.45) is 0 Å². The minimum absolute atomic E-state index is 0.844. The van der Waals surface area contributed by atoms with Crippen LogP contribution in [0.1, 0.15) is 13.8 Å². The van der Waals surface area contributed by atoms with Gasteiger partial charge >= 0.3 is 0 Å². The Morgan fingerprint density at radius 1 is 0.727 bits per heavy atom. The molecule has 0 atom stereocenters. The Balaban J connectivity index is -0.0000000350. The molecule has 0 aliphatic rings. The summed E-state index contributed by atoms with van der Waals surface area (Å²) in [7, 11) is 0. The Morgan fingerprint density at radius 2 is 0.909 bits per heavy atom. The summed E-state index contributed by atoms with van der Waals surface area (Å²) in [5.41, 5.74) is 0. The van der Waals surface area contributed by atoms with Crippen molar-refractivity contribution in [3.63, 3.8) is 0 Å². The monoisotopic (exact) mass is 158 g/mol. The number of rotatable bonds is 2. The van der Waals surface area contributed by atoms with E-state index in [1.807, 2.05) is 13.8 Å². The smallest absolute Gasteiger partial charge is 0.0437 e. The van der Waals surface area contributed by atoms with Crippen LogP contribution in [0.3, 0.4) is 0 Å². The van der Waals surface area contributed by atoms with Gasteiger partial charge in [0.05, 0.1) is 0 Å². The maximum Gasteiger partial charge on any atom is 0.0437 e. The van der Waals surface area contributed by atoms with Crippen molar-refractivity contribution >= 4 is 0 Å². The molecule has 0 saturated carbocycles. The molecule has 0 aliphatic carbocycles. The molecule has 0 rings (SSSR count). The number of hydrogen-bond acceptors (Lipinski definition) is 1. The van der Waals surface area contributed by atoms with Crippen LogP contribution in [0, 0.1) is 0 Å². The molecule has 11 heavy (non-hydrogen) atoms. The van der Waals surface area contributed by atoms with E-state index in [9.17, 15) is 0 Å². The van der Waals surface area contributed by atoms with Gasteiger partial charge in [0.1, 0.15) is 0 Å². The topological polar surface area (TPSA) is 9.23 Å². The zero-order valence-corrected chi connectivity index (χ0v) is 8.07. The largest absolute Gasteiger partial charge is 0.382 e. The maximum absolute atomic E-state index is 4.83. The van der Waals surface area contributed by atoms with E-state index in [-0.39, 0.29) is 0 Å². The summed E-state index contributed by atoms with van der Waals surface area (Å²) in [4.78, 5) is 0. The Morgan fingerprint density at radius 3 is 0.909 bits per heavy atom. The Kier molecular flexibility index (Phi) is 264. The predicted molar refractivity (Wildman–Crippen MR) is 55.9 cm³/mol. The number of ether oxygens (including phenoxy) is 1. The first-order valence-corrected chi connectivity index (χ1v) is 3.49. The first-order valence-electron chi connectivity index (χ1n) is 3.49. The van der Waals surface area contributed by atoms with E-state index in [2.05, 4.69) is 39.5 Å². The van der Waals surface area contributed by atoms with Crippen LogP contribution in [0.5, 0.6) is 0 Å². The van der Waals surface area contributed by atoms with Crippen LogP contribution in [0.15, 0.2) is 39.5 Å². The second-order valence-corrected chi connectivity index (χ2v) is 0.781. The molecular formula is C10H22O. The second kappa shape index (κ2) is 129. The van der Waals surface area contributed by atoms with Crippen LogP contribution >= 0.6 is 0 Å². The quantitative estimate of drug-likeness (QED) is 0.559. The van der Waals surface area contributed by atoms with Crippen molar-refractivity contribution in [1.29, 1.82) is 0 Å². The molecule has 0 radical (unpaired) electrons. The fraction of sp³-hybridized carbons (Fsp3) is 0.400. The van der Waals surface area contributed by atoms with Crippen molar-refractivity contribution in [3.8, 4) is 0 Å². The number of hydrogen-bond donors (Lipinski definition) is 0. The molecule has 68 valence electrons. The molecule has 0 aromatic carbocycles. The highest BCUT2D eigenvalue weighted by Crippen LogP contribution is 1.64. The van der Waals surface area contributed by atoms with E-state index >= 15 is 0 Å². The molecule has 1 heteroatoms. The van der Waals surface area contributed by atoms with Gasteiger partial charge in [-0.15, -0.1) is 39.5 Å². The zero-order valence-electron chi connectivity index (χ0n) is 8.07. The Labute approximate surface area is 72.1 Å². The van der Waals surface area contributed by atoms with Gasteiger partial charge in [-0.2, -0.15) is 0 Å². The summed E-state index contributed by atoms with van der Waals surface area (Å²) >= 11 is 0. The standard InChI is InChI=1S/C4H10O.3C2H4/c1-3-5-4-2;3*1-2/h3-4H2,1-2H3;3*1-2H2. The predicted octanol–water partition coefficient (Wildman–Crippen LogP) is 3.45. The lowest BCUT2D eigenvalue weighted by molar-refractivity contribution is 0.162. The zero-order chi connectivity index (χ0) is 10.1. The second-order valence-electron chi connectivity index (χ2n) is 0.781. The third-order valence-electron chi connectivity index (χ3n) is 0.408. The highest BCUT2D eigenvalue weighted by Gasteiger charge is 1.64. The van der Waals surface area contributed by atoms with Gasteiger partial charge in [-0.3, -0.25) is 0 Å². The molecule has 0 fully saturated rings. The molecule has 0 bridgehead atoms. The highest BCUT2D eigenvalue weighted by molar-refractivity contribution is 4.22. The minimum atomic E-state index is 0.844. The van der Waals surface area contributed by atoms with Crippen LogP contribution in [0.25, 0.3) is 0 Å². The summed E-state index contributed by atoms with van der Waals surface area (Å²) in [6, 6.07) is 0. The molecule has 0 aliphatic heterocycles. The average Bonchev–Trinajstić information content (AvgIpc) is 2.16. The van der Waals surface area contributed by atoms with Gasteiger partial charge in [-0.05, 0) is 13.8 Å². The SMILES string of the molecule is C=C.C=C.C=C.CCOCC. The van der Waals surface area contributed by atoms with E-state index < -0.39 is 0 Å². The Hall–Kier alpha value is -0.820. The molecule has 1 nitrogen and oxygen atoms in total. The molecule has 0 aromatic heterocycles. The summed E-state index contributed by atoms with van der Waals surface area (Å²) in [6.45, 7) is 23.7. The molecular weight excluding hydrogens is 136 g/mol. The molecule has 0 N–H and O–H groups in total. The molecule has 0 saturated heterocycles. The van der Waals surface area contributed by atoms with E-state index in [0.29, 0.717) is 0 Å². The molecule has 0 unspecified atom stereocenters. The first-order chi connectivity index (χ1) is 5.41. The van der Waals surface area contributed by atoms with Crippen LogP contribution in [0.2, 0.25) is 0 Å². The highest BCUT2D eigenvalue weighted by atomic mass is 16.5. The van der Waals surface area contributed by atoms with Gasteiger partial charge in [0.25, 0.3) is 0 Å². The molecule has 0 spiro atoms. The van der Waals surface area contributed by atoms with Crippen molar-refractivity contribution in [2.75, 3.05) is 13.2 Å². The fourth-order valence-electron chi connectivity index (χ4n) is 0.204. The van der Waals surface area contributed by atoms with E-state index in [4.69, 9.17) is 4.74 Å². The van der Waals surface area contributed by atoms with E-state index in [1.165, 1.54) is 0 Å². The van der Waals surface area contributed by atoms with Gasteiger partial charge in [-0.25, -0.2) is 0 Å². The third kappa shape index (κ3) is 340. The lowest BCUT2D eigenvalue weighted by Gasteiger charge is -1.86. The first kappa shape index (κ1) is 22.5. The molecule has 0 amide bonds. The molecule has 0 heterocycles. The lowest BCUT2D eigenvalue weighted by atomic mass is 10.8. The van der Waals surface area contributed by atoms with Crippen LogP contribution in [-0.4, -0.2) is 13.2 Å². The van der Waals surface area contributed by atoms with Crippen molar-refractivity contribution in [2.45, 2.75) is 13.8 Å². The van der Waals surface area contributed by atoms with Gasteiger partial charge in [0.2, 0.25) is 0 Å². The van der Waals surface area contributed by atoms with Crippen LogP contribution in [-0.2, 0) is 4.74 Å². The van der Waals surface area contributed by atoms with E-state index in [0.717, 1.165) is 13.2 Å². The summed E-state index contributed by atoms with van der Waals surface area (Å²) in [6.07, 6.45) is 0. The lowest BCUT2D eigenvalue weighted by Crippen LogP contribution is -1.84. The van der Waals surface area contributed by atoms with Crippen LogP contribution < -0.4 is 0 Å². The van der Waals surface area contributed by atoms with Gasteiger partial charge in [0, 0.05) is 13.2 Å². The minimum Gasteiger partial charge on any atom is -0.382 e. The van der Waals surface area contributed by atoms with Gasteiger partial charge < -0.3 is 4.74 Å². The third-order valence-corrected chi connectivity index (χ3v) is 0.408. The molecule has 0 aromatic rings. The average molecular weight is 158 g/mol. The fourth-order valence-corrected chi connectivity index (χ4v) is 0.204. The van der Waals surface area contributed by atoms with E-state index in [1.54, 1.807) is 0 Å². The van der Waals surface area contributed by atoms with Crippen molar-refractivity contribution in [1.82, 2.24) is 0 Å². The van der Waals surface area contributed by atoms with Gasteiger partial charge in [-0.1, -0.05) is 0 Å². The van der Waals surface area contributed by atoms with Crippen molar-refractivity contribution < 1.29 is 4.74 Å². The van der Waals surface area contributed by atoms with Crippen molar-refractivity contribution in [3.05, 3.63) is 39.5 Å². The summed E-state index contributed by atoms with van der Waals surface area (Å²) in [5, 5.41) is 0. The van der Waals surface area contributed by atoms with Gasteiger partial charge in [0.15, 0.2) is 0 Å². The summed E-state index contributed by atoms with van der Waals surface area (Å²) < 4.78 is 4.83. The Bertz CT molecular complexity index is 29.1. The maximum atomic E-state index is 4.83. The summed E-state index contributed by atoms with van der Waals surface area (Å²) in [5.74, 6) is 0. The normalized spacial score (nSPS) is 4.91.